The largest absolute Gasteiger partial charge is 0.512 e. The summed E-state index contributed by atoms with van der Waals surface area (Å²) in [4.78, 5) is 34.4. The first-order valence-corrected chi connectivity index (χ1v) is 24.9. The number of benzene rings is 1. The van der Waals surface area contributed by atoms with Gasteiger partial charge in [-0.2, -0.15) is 0 Å². The van der Waals surface area contributed by atoms with Crippen LogP contribution in [-0.2, 0) is 19.1 Å². The van der Waals surface area contributed by atoms with Crippen LogP contribution in [0.15, 0.2) is 44.8 Å². The van der Waals surface area contributed by atoms with Crippen LogP contribution < -0.4 is 9.47 Å². The number of hydrogen-bond acceptors (Lipinski definition) is 10. The first kappa shape index (κ1) is 56.2. The molecule has 0 amide bonds. The van der Waals surface area contributed by atoms with Gasteiger partial charge in [-0.3, -0.25) is 9.98 Å². The van der Waals surface area contributed by atoms with Crippen molar-refractivity contribution < 1.29 is 38.7 Å². The lowest BCUT2D eigenvalue weighted by atomic mass is 10.0. The number of aliphatic hydroxyl groups is 2. The second kappa shape index (κ2) is 38.8. The highest BCUT2D eigenvalue weighted by atomic mass is 16.5. The number of unbranched alkanes of at least 4 members (excludes halogenated alkanes) is 26. The summed E-state index contributed by atoms with van der Waals surface area (Å²) in [5.74, 6) is -0.957. The van der Waals surface area contributed by atoms with Crippen molar-refractivity contribution in [3.8, 4) is 11.5 Å². The Balaban J connectivity index is 3.06. The summed E-state index contributed by atoms with van der Waals surface area (Å²) in [6.45, 7) is 11.9. The smallest absolute Gasteiger partial charge is 0.343 e. The molecule has 0 saturated heterocycles. The zero-order chi connectivity index (χ0) is 45.5. The van der Waals surface area contributed by atoms with E-state index in [2.05, 4.69) is 23.8 Å². The van der Waals surface area contributed by atoms with Gasteiger partial charge in [-0.1, -0.05) is 181 Å². The van der Waals surface area contributed by atoms with Gasteiger partial charge in [0.1, 0.15) is 22.7 Å². The van der Waals surface area contributed by atoms with Gasteiger partial charge in [-0.15, -0.1) is 0 Å². The number of esters is 2. The van der Waals surface area contributed by atoms with Crippen molar-refractivity contribution in [1.82, 2.24) is 0 Å². The summed E-state index contributed by atoms with van der Waals surface area (Å²) >= 11 is 0. The average Bonchev–Trinajstić information content (AvgIpc) is 3.24. The Morgan fingerprint density at radius 1 is 0.452 bits per heavy atom. The zero-order valence-corrected chi connectivity index (χ0v) is 40.2. The molecule has 10 nitrogen and oxygen atoms in total. The van der Waals surface area contributed by atoms with E-state index in [9.17, 15) is 19.8 Å². The zero-order valence-electron chi connectivity index (χ0n) is 40.2. The van der Waals surface area contributed by atoms with Crippen LogP contribution in [0.4, 0.5) is 11.4 Å². The second-order valence-electron chi connectivity index (χ2n) is 16.6. The van der Waals surface area contributed by atoms with E-state index in [1.165, 1.54) is 168 Å². The maximum atomic E-state index is 12.6. The molecule has 0 aliphatic heterocycles. The minimum atomic E-state index is -0.716. The van der Waals surface area contributed by atoms with Gasteiger partial charge in [0.2, 0.25) is 0 Å². The Kier molecular flexibility index (Phi) is 35.2. The van der Waals surface area contributed by atoms with Crippen LogP contribution in [0, 0.1) is 0 Å². The number of rotatable bonds is 40. The standard InChI is InChI=1S/C52H88N2O8/c1-7-11-13-15-17-19-21-23-25-27-29-31-33-35-37-61-49-39-47(53-41-45(43(5)55)51(57)59-9-3)48(54-42-46(44(6)56)52(58)60-10-4)40-50(49)62-38-36-34-32-30-28-26-24-22-20-18-16-14-12-8-2/h39-42,55-56H,7-38H2,1-6H3/b45-43-,46-44+,53-41?,54-42?. The molecule has 0 bridgehead atoms. The number of hydrogen-bond donors (Lipinski definition) is 2. The topological polar surface area (TPSA) is 136 Å². The molecule has 0 unspecified atom stereocenters. The average molecular weight is 869 g/mol. The van der Waals surface area contributed by atoms with Gasteiger partial charge in [0, 0.05) is 24.6 Å². The van der Waals surface area contributed by atoms with Gasteiger partial charge in [0.05, 0.1) is 37.8 Å². The molecule has 2 N–H and O–H groups in total. The van der Waals surface area contributed by atoms with E-state index in [1.807, 2.05) is 0 Å². The molecular weight excluding hydrogens is 781 g/mol. The van der Waals surface area contributed by atoms with Crippen molar-refractivity contribution in [2.75, 3.05) is 26.4 Å². The van der Waals surface area contributed by atoms with Crippen LogP contribution in [-0.4, -0.2) is 61.0 Å². The summed E-state index contributed by atoms with van der Waals surface area (Å²) in [5, 5.41) is 20.6. The number of ether oxygens (including phenoxy) is 4. The molecule has 0 radical (unpaired) electrons. The minimum Gasteiger partial charge on any atom is -0.512 e. The molecule has 354 valence electrons. The van der Waals surface area contributed by atoms with Crippen LogP contribution in [0.1, 0.15) is 221 Å². The molecule has 0 aliphatic carbocycles. The van der Waals surface area contributed by atoms with Crippen LogP contribution in [0.25, 0.3) is 0 Å². The molecule has 0 aliphatic rings. The molecule has 0 spiro atoms. The van der Waals surface area contributed by atoms with Gasteiger partial charge in [-0.05, 0) is 40.5 Å². The molecule has 0 saturated carbocycles. The third-order valence-electron chi connectivity index (χ3n) is 11.0. The van der Waals surface area contributed by atoms with Crippen LogP contribution in [0.5, 0.6) is 11.5 Å². The lowest BCUT2D eigenvalue weighted by molar-refractivity contribution is -0.139. The molecule has 0 aromatic heterocycles. The fourth-order valence-corrected chi connectivity index (χ4v) is 7.20. The molecule has 1 rings (SSSR count). The molecule has 0 fully saturated rings. The quantitative estimate of drug-likeness (QED) is 0.0219. The number of nitrogens with zero attached hydrogens (tertiary/aromatic N) is 2. The van der Waals surface area contributed by atoms with Crippen molar-refractivity contribution >= 4 is 35.7 Å². The normalized spacial score (nSPS) is 12.5. The number of carbonyl (C=O) groups excluding carboxylic acids is 2. The highest BCUT2D eigenvalue weighted by Crippen LogP contribution is 2.40. The van der Waals surface area contributed by atoms with Crippen molar-refractivity contribution in [3.63, 3.8) is 0 Å². The summed E-state index contributed by atoms with van der Waals surface area (Å²) in [6, 6.07) is 3.39. The fraction of sp³-hybridized carbons (Fsp3) is 0.731. The summed E-state index contributed by atoms with van der Waals surface area (Å²) in [6.07, 6.45) is 38.0. The van der Waals surface area contributed by atoms with E-state index in [0.717, 1.165) is 38.5 Å². The Hall–Kier alpha value is -3.82. The lowest BCUT2D eigenvalue weighted by Crippen LogP contribution is -2.11. The Bertz CT molecular complexity index is 1340. The van der Waals surface area contributed by atoms with Gasteiger partial charge in [0.25, 0.3) is 0 Å². The Morgan fingerprint density at radius 3 is 0.952 bits per heavy atom. The molecule has 0 heterocycles. The minimum absolute atomic E-state index is 0.108. The highest BCUT2D eigenvalue weighted by molar-refractivity contribution is 6.11. The van der Waals surface area contributed by atoms with E-state index >= 15 is 0 Å². The van der Waals surface area contributed by atoms with Crippen LogP contribution >= 0.6 is 0 Å². The van der Waals surface area contributed by atoms with E-state index in [0.29, 0.717) is 36.1 Å². The van der Waals surface area contributed by atoms with Gasteiger partial charge in [0.15, 0.2) is 11.5 Å². The summed E-state index contributed by atoms with van der Waals surface area (Å²) in [7, 11) is 0. The van der Waals surface area contributed by atoms with Crippen molar-refractivity contribution in [1.29, 1.82) is 0 Å². The number of aliphatic imine (C=N–C) groups is 2. The predicted octanol–water partition coefficient (Wildman–Crippen LogP) is 15.6. The fourth-order valence-electron chi connectivity index (χ4n) is 7.20. The van der Waals surface area contributed by atoms with Crippen LogP contribution in [0.3, 0.4) is 0 Å². The third kappa shape index (κ3) is 28.0. The van der Waals surface area contributed by atoms with E-state index in [4.69, 9.17) is 18.9 Å². The lowest BCUT2D eigenvalue weighted by Gasteiger charge is -2.15. The number of allylic oxidation sites excluding steroid dienone is 2. The molecule has 0 atom stereocenters. The molecule has 1 aromatic carbocycles. The van der Waals surface area contributed by atoms with Crippen molar-refractivity contribution in [2.24, 2.45) is 9.98 Å². The van der Waals surface area contributed by atoms with Gasteiger partial charge < -0.3 is 29.2 Å². The molecule has 10 heteroatoms. The third-order valence-corrected chi connectivity index (χ3v) is 11.0. The number of carbonyl (C=O) groups is 2. The first-order chi connectivity index (χ1) is 30.2. The van der Waals surface area contributed by atoms with Crippen LogP contribution in [0.2, 0.25) is 0 Å². The second-order valence-corrected chi connectivity index (χ2v) is 16.6. The predicted molar refractivity (Wildman–Crippen MR) is 258 cm³/mol. The molecule has 1 aromatic rings. The highest BCUT2D eigenvalue weighted by Gasteiger charge is 2.17. The van der Waals surface area contributed by atoms with E-state index in [-0.39, 0.29) is 35.9 Å². The Labute approximate surface area is 377 Å². The maximum absolute atomic E-state index is 12.6. The molecular formula is C52H88N2O8. The Morgan fingerprint density at radius 2 is 0.710 bits per heavy atom. The SMILES string of the molecule is CCCCCCCCCCCCCCCCOc1cc(N=C/C(C(=O)OCC)=C(\C)O)c(N=C/C(C(=O)OCC)=C(/C)O)cc1OCCCCCCCCCCCCCCCC. The molecule has 62 heavy (non-hydrogen) atoms. The maximum Gasteiger partial charge on any atom is 0.343 e. The summed E-state index contributed by atoms with van der Waals surface area (Å²) < 4.78 is 23.0. The van der Waals surface area contributed by atoms with Crippen molar-refractivity contribution in [2.45, 2.75) is 221 Å². The van der Waals surface area contributed by atoms with E-state index in [1.54, 1.807) is 26.0 Å². The first-order valence-electron chi connectivity index (χ1n) is 24.9. The summed E-state index contributed by atoms with van der Waals surface area (Å²) in [5.41, 5.74) is 0.372. The van der Waals surface area contributed by atoms with Gasteiger partial charge >= 0.3 is 11.9 Å². The van der Waals surface area contributed by atoms with Gasteiger partial charge in [-0.25, -0.2) is 9.59 Å². The monoisotopic (exact) mass is 869 g/mol. The van der Waals surface area contributed by atoms with Crippen molar-refractivity contribution in [3.05, 3.63) is 34.8 Å². The van der Waals surface area contributed by atoms with E-state index < -0.39 is 11.9 Å². The number of aliphatic hydroxyl groups excluding tert-OH is 2.